The summed E-state index contributed by atoms with van der Waals surface area (Å²) in [5, 5.41) is 6.18. The lowest BCUT2D eigenvalue weighted by molar-refractivity contribution is 0.101. The van der Waals surface area contributed by atoms with Gasteiger partial charge in [0.15, 0.2) is 5.13 Å². The topological polar surface area (TPSA) is 46.9 Å². The SMILES string of the molecule is CC(C)(C)c1csc(NC(=O)c2cccn2Cc2ccccc2Cl)n1. The van der Waals surface area contributed by atoms with E-state index in [1.165, 1.54) is 11.3 Å². The average Bonchev–Trinajstić information content (AvgIpc) is 3.18. The maximum absolute atomic E-state index is 12.6. The van der Waals surface area contributed by atoms with Crippen LogP contribution in [-0.4, -0.2) is 15.5 Å². The Morgan fingerprint density at radius 1 is 1.24 bits per heavy atom. The van der Waals surface area contributed by atoms with Gasteiger partial charge in [0, 0.05) is 28.6 Å². The van der Waals surface area contributed by atoms with Gasteiger partial charge in [-0.2, -0.15) is 0 Å². The second kappa shape index (κ2) is 7.02. The van der Waals surface area contributed by atoms with Crippen LogP contribution in [0.15, 0.2) is 48.0 Å². The minimum atomic E-state index is -0.174. The molecular weight excluding hydrogens is 354 g/mol. The second-order valence-corrected chi connectivity index (χ2v) is 8.12. The number of amides is 1. The molecule has 0 spiro atoms. The van der Waals surface area contributed by atoms with Gasteiger partial charge in [-0.1, -0.05) is 50.6 Å². The lowest BCUT2D eigenvalue weighted by atomic mass is 9.93. The van der Waals surface area contributed by atoms with Crippen molar-refractivity contribution < 1.29 is 4.79 Å². The summed E-state index contributed by atoms with van der Waals surface area (Å²) in [4.78, 5) is 17.1. The third-order valence-corrected chi connectivity index (χ3v) is 4.98. The van der Waals surface area contributed by atoms with Crippen LogP contribution >= 0.6 is 22.9 Å². The third kappa shape index (κ3) is 4.11. The van der Waals surface area contributed by atoms with Gasteiger partial charge in [0.2, 0.25) is 0 Å². The van der Waals surface area contributed by atoms with Crippen molar-refractivity contribution in [3.05, 3.63) is 69.9 Å². The molecule has 1 amide bonds. The highest BCUT2D eigenvalue weighted by Gasteiger charge is 2.19. The molecule has 0 aliphatic heterocycles. The van der Waals surface area contributed by atoms with Crippen LogP contribution in [0.25, 0.3) is 0 Å². The lowest BCUT2D eigenvalue weighted by Crippen LogP contribution is -2.18. The number of thiazole rings is 1. The molecule has 0 aliphatic carbocycles. The number of carbonyl (C=O) groups is 1. The number of benzene rings is 1. The molecule has 1 aromatic carbocycles. The summed E-state index contributed by atoms with van der Waals surface area (Å²) < 4.78 is 1.88. The summed E-state index contributed by atoms with van der Waals surface area (Å²) in [6.07, 6.45) is 1.88. The van der Waals surface area contributed by atoms with E-state index < -0.39 is 0 Å². The molecule has 0 saturated heterocycles. The van der Waals surface area contributed by atoms with E-state index in [0.717, 1.165) is 11.3 Å². The van der Waals surface area contributed by atoms with Crippen LogP contribution in [0.4, 0.5) is 5.13 Å². The van der Waals surface area contributed by atoms with Crippen LogP contribution in [0.5, 0.6) is 0 Å². The van der Waals surface area contributed by atoms with Crippen LogP contribution in [0.2, 0.25) is 5.02 Å². The molecule has 2 aromatic heterocycles. The van der Waals surface area contributed by atoms with Crippen LogP contribution in [0, 0.1) is 0 Å². The first-order valence-corrected chi connectivity index (χ1v) is 9.26. The highest BCUT2D eigenvalue weighted by molar-refractivity contribution is 7.14. The van der Waals surface area contributed by atoms with E-state index in [9.17, 15) is 4.79 Å². The number of rotatable bonds is 4. The molecule has 0 unspecified atom stereocenters. The third-order valence-electron chi connectivity index (χ3n) is 3.85. The highest BCUT2D eigenvalue weighted by atomic mass is 35.5. The van der Waals surface area contributed by atoms with E-state index in [1.54, 1.807) is 6.07 Å². The van der Waals surface area contributed by atoms with Gasteiger partial charge in [0.05, 0.1) is 5.69 Å². The van der Waals surface area contributed by atoms with Gasteiger partial charge in [-0.25, -0.2) is 4.98 Å². The number of hydrogen-bond donors (Lipinski definition) is 1. The molecule has 0 radical (unpaired) electrons. The van der Waals surface area contributed by atoms with E-state index in [1.807, 2.05) is 46.5 Å². The van der Waals surface area contributed by atoms with Crippen molar-refractivity contribution in [3.8, 4) is 0 Å². The number of nitrogens with zero attached hydrogens (tertiary/aromatic N) is 2. The van der Waals surface area contributed by atoms with Crippen molar-refractivity contribution in [2.75, 3.05) is 5.32 Å². The molecule has 2 heterocycles. The first kappa shape index (κ1) is 17.7. The molecule has 3 aromatic rings. The van der Waals surface area contributed by atoms with Crippen molar-refractivity contribution in [2.24, 2.45) is 0 Å². The maximum Gasteiger partial charge on any atom is 0.274 e. The van der Waals surface area contributed by atoms with Crippen molar-refractivity contribution in [3.63, 3.8) is 0 Å². The molecule has 25 heavy (non-hydrogen) atoms. The normalized spacial score (nSPS) is 11.5. The van der Waals surface area contributed by atoms with E-state index in [4.69, 9.17) is 11.6 Å². The molecule has 3 rings (SSSR count). The number of carbonyl (C=O) groups excluding carboxylic acids is 1. The lowest BCUT2D eigenvalue weighted by Gasteiger charge is -2.14. The van der Waals surface area contributed by atoms with E-state index in [-0.39, 0.29) is 11.3 Å². The largest absolute Gasteiger partial charge is 0.339 e. The van der Waals surface area contributed by atoms with Crippen molar-refractivity contribution in [1.82, 2.24) is 9.55 Å². The summed E-state index contributed by atoms with van der Waals surface area (Å²) >= 11 is 7.67. The molecule has 0 atom stereocenters. The first-order chi connectivity index (χ1) is 11.8. The summed E-state index contributed by atoms with van der Waals surface area (Å²) in [7, 11) is 0. The predicted octanol–water partition coefficient (Wildman–Crippen LogP) is 5.20. The Morgan fingerprint density at radius 2 is 2.00 bits per heavy atom. The van der Waals surface area contributed by atoms with Gasteiger partial charge >= 0.3 is 0 Å². The zero-order valence-electron chi connectivity index (χ0n) is 14.4. The smallest absolute Gasteiger partial charge is 0.274 e. The van der Waals surface area contributed by atoms with Crippen LogP contribution in [-0.2, 0) is 12.0 Å². The molecule has 0 bridgehead atoms. The van der Waals surface area contributed by atoms with Crippen molar-refractivity contribution >= 4 is 34.0 Å². The Kier molecular flexibility index (Phi) is 4.97. The van der Waals surface area contributed by atoms with Gasteiger partial charge in [-0.15, -0.1) is 11.3 Å². The van der Waals surface area contributed by atoms with Gasteiger partial charge in [0.1, 0.15) is 5.69 Å². The quantitative estimate of drug-likeness (QED) is 0.683. The van der Waals surface area contributed by atoms with Gasteiger partial charge in [0.25, 0.3) is 5.91 Å². The number of halogens is 1. The maximum atomic E-state index is 12.6. The standard InChI is InChI=1S/C19H20ClN3OS/c1-19(2,3)16-12-25-18(21-16)22-17(24)15-9-6-10-23(15)11-13-7-4-5-8-14(13)20/h4-10,12H,11H2,1-3H3,(H,21,22,24). The van der Waals surface area contributed by atoms with E-state index >= 15 is 0 Å². The predicted molar refractivity (Wildman–Crippen MR) is 104 cm³/mol. The van der Waals surface area contributed by atoms with Crippen LogP contribution < -0.4 is 5.32 Å². The summed E-state index contributed by atoms with van der Waals surface area (Å²) in [5.74, 6) is -0.174. The average molecular weight is 374 g/mol. The number of nitrogens with one attached hydrogen (secondary N) is 1. The minimum absolute atomic E-state index is 0.0379. The molecule has 0 aliphatic rings. The van der Waals surface area contributed by atoms with Crippen molar-refractivity contribution in [2.45, 2.75) is 32.7 Å². The fourth-order valence-electron chi connectivity index (χ4n) is 2.41. The Balaban J connectivity index is 1.77. The second-order valence-electron chi connectivity index (χ2n) is 6.85. The highest BCUT2D eigenvalue weighted by Crippen LogP contribution is 2.26. The van der Waals surface area contributed by atoms with Crippen LogP contribution in [0.3, 0.4) is 0 Å². The van der Waals surface area contributed by atoms with Crippen LogP contribution in [0.1, 0.15) is 42.5 Å². The number of anilines is 1. The fourth-order valence-corrected chi connectivity index (χ4v) is 3.53. The Bertz CT molecular complexity index is 892. The monoisotopic (exact) mass is 373 g/mol. The summed E-state index contributed by atoms with van der Waals surface area (Å²) in [6, 6.07) is 11.3. The number of hydrogen-bond acceptors (Lipinski definition) is 3. The van der Waals surface area contributed by atoms with E-state index in [2.05, 4.69) is 31.1 Å². The first-order valence-electron chi connectivity index (χ1n) is 8.00. The zero-order valence-corrected chi connectivity index (χ0v) is 16.0. The Labute approximate surface area is 156 Å². The molecule has 4 nitrogen and oxygen atoms in total. The molecule has 6 heteroatoms. The molecule has 0 saturated carbocycles. The molecule has 1 N–H and O–H groups in total. The van der Waals surface area contributed by atoms with Gasteiger partial charge in [-0.05, 0) is 23.8 Å². The Hall–Kier alpha value is -2.11. The van der Waals surface area contributed by atoms with Gasteiger partial charge < -0.3 is 4.57 Å². The minimum Gasteiger partial charge on any atom is -0.339 e. The molecule has 0 fully saturated rings. The Morgan fingerprint density at radius 3 is 2.68 bits per heavy atom. The zero-order chi connectivity index (χ0) is 18.0. The molecule has 130 valence electrons. The van der Waals surface area contributed by atoms with Gasteiger partial charge in [-0.3, -0.25) is 10.1 Å². The number of aromatic nitrogens is 2. The van der Waals surface area contributed by atoms with E-state index in [0.29, 0.717) is 22.4 Å². The fraction of sp³-hybridized carbons (Fsp3) is 0.263. The summed E-state index contributed by atoms with van der Waals surface area (Å²) in [5.41, 5.74) is 2.48. The molecular formula is C19H20ClN3OS. The summed E-state index contributed by atoms with van der Waals surface area (Å²) in [6.45, 7) is 6.84. The van der Waals surface area contributed by atoms with Crippen molar-refractivity contribution in [1.29, 1.82) is 0 Å².